The highest BCUT2D eigenvalue weighted by atomic mass is 15.1. The Morgan fingerprint density at radius 2 is 1.57 bits per heavy atom. The molecule has 0 aromatic rings. The van der Waals surface area contributed by atoms with Gasteiger partial charge in [0.2, 0.25) is 0 Å². The quantitative estimate of drug-likeness (QED) is 0.608. The predicted octanol–water partition coefficient (Wildman–Crippen LogP) is 3.53. The standard InChI is InChI=1S/C13H15N/c1-4-12(3)13(5-2)14-10-8-6-7-9-11-14/h4-11H,1-2H2,3H3/b13-12+. The summed E-state index contributed by atoms with van der Waals surface area (Å²) < 4.78 is 0. The van der Waals surface area contributed by atoms with Crippen molar-refractivity contribution in [3.05, 3.63) is 73.3 Å². The Bertz CT molecular complexity index is 324. The zero-order valence-corrected chi connectivity index (χ0v) is 8.48. The Balaban J connectivity index is 3.02. The van der Waals surface area contributed by atoms with Gasteiger partial charge < -0.3 is 4.90 Å². The molecule has 1 nitrogen and oxygen atoms in total. The monoisotopic (exact) mass is 185 g/mol. The lowest BCUT2D eigenvalue weighted by Gasteiger charge is -2.17. The van der Waals surface area contributed by atoms with Gasteiger partial charge in [0, 0.05) is 18.1 Å². The zero-order valence-electron chi connectivity index (χ0n) is 8.48. The van der Waals surface area contributed by atoms with Crippen molar-refractivity contribution in [2.75, 3.05) is 0 Å². The lowest BCUT2D eigenvalue weighted by atomic mass is 10.2. The number of nitrogens with zero attached hydrogens (tertiary/aromatic N) is 1. The fourth-order valence-corrected chi connectivity index (χ4v) is 1.20. The van der Waals surface area contributed by atoms with Crippen LogP contribution >= 0.6 is 0 Å². The maximum atomic E-state index is 3.80. The molecule has 0 aromatic carbocycles. The van der Waals surface area contributed by atoms with E-state index < -0.39 is 0 Å². The molecule has 0 amide bonds. The largest absolute Gasteiger partial charge is 0.324 e. The van der Waals surface area contributed by atoms with Gasteiger partial charge in [-0.1, -0.05) is 31.4 Å². The van der Waals surface area contributed by atoms with E-state index in [4.69, 9.17) is 0 Å². The number of allylic oxidation sites excluding steroid dienone is 7. The minimum Gasteiger partial charge on any atom is -0.324 e. The molecule has 0 N–H and O–H groups in total. The second-order valence-corrected chi connectivity index (χ2v) is 2.95. The molecule has 0 radical (unpaired) electrons. The molecule has 0 saturated heterocycles. The first-order chi connectivity index (χ1) is 6.79. The Labute approximate surface area is 85.7 Å². The van der Waals surface area contributed by atoms with E-state index in [1.165, 1.54) is 0 Å². The molecule has 1 heteroatoms. The SMILES string of the molecule is C=C/C(C)=C(\C=C)N1C=CC=CC=C1. The van der Waals surface area contributed by atoms with Crippen LogP contribution in [0.4, 0.5) is 0 Å². The van der Waals surface area contributed by atoms with Crippen LogP contribution in [0.1, 0.15) is 6.92 Å². The first-order valence-corrected chi connectivity index (χ1v) is 4.55. The molecule has 1 heterocycles. The molecule has 0 atom stereocenters. The minimum absolute atomic E-state index is 1.05. The van der Waals surface area contributed by atoms with Crippen LogP contribution in [0.5, 0.6) is 0 Å². The number of rotatable bonds is 3. The summed E-state index contributed by atoms with van der Waals surface area (Å²) >= 11 is 0. The first kappa shape index (κ1) is 10.3. The van der Waals surface area contributed by atoms with Crippen molar-refractivity contribution in [3.63, 3.8) is 0 Å². The van der Waals surface area contributed by atoms with Gasteiger partial charge in [0.15, 0.2) is 0 Å². The molecule has 0 fully saturated rings. The van der Waals surface area contributed by atoms with E-state index in [9.17, 15) is 0 Å². The third kappa shape index (κ3) is 2.36. The fourth-order valence-electron chi connectivity index (χ4n) is 1.20. The number of hydrogen-bond acceptors (Lipinski definition) is 1. The van der Waals surface area contributed by atoms with Crippen molar-refractivity contribution in [1.82, 2.24) is 4.90 Å². The molecule has 0 bridgehead atoms. The molecular weight excluding hydrogens is 170 g/mol. The van der Waals surface area contributed by atoms with Gasteiger partial charge in [0.1, 0.15) is 0 Å². The highest BCUT2D eigenvalue weighted by Crippen LogP contribution is 2.14. The topological polar surface area (TPSA) is 3.24 Å². The molecule has 1 rings (SSSR count). The van der Waals surface area contributed by atoms with Gasteiger partial charge >= 0.3 is 0 Å². The average Bonchev–Trinajstić information content (AvgIpc) is 2.47. The molecular formula is C13H15N. The fraction of sp³-hybridized carbons (Fsp3) is 0.0769. The minimum atomic E-state index is 1.05. The molecule has 0 unspecified atom stereocenters. The highest BCUT2D eigenvalue weighted by Gasteiger charge is 2.02. The van der Waals surface area contributed by atoms with Gasteiger partial charge in [-0.05, 0) is 30.7 Å². The summed E-state index contributed by atoms with van der Waals surface area (Å²) in [7, 11) is 0. The summed E-state index contributed by atoms with van der Waals surface area (Å²) in [5.41, 5.74) is 2.16. The van der Waals surface area contributed by atoms with Gasteiger partial charge in [-0.2, -0.15) is 0 Å². The van der Waals surface area contributed by atoms with Crippen LogP contribution in [-0.4, -0.2) is 4.90 Å². The first-order valence-electron chi connectivity index (χ1n) is 4.55. The Morgan fingerprint density at radius 3 is 2.00 bits per heavy atom. The third-order valence-electron chi connectivity index (χ3n) is 2.01. The van der Waals surface area contributed by atoms with E-state index >= 15 is 0 Å². The van der Waals surface area contributed by atoms with Crippen LogP contribution in [0, 0.1) is 0 Å². The highest BCUT2D eigenvalue weighted by molar-refractivity contribution is 5.33. The van der Waals surface area contributed by atoms with Crippen molar-refractivity contribution < 1.29 is 0 Å². The molecule has 0 aliphatic carbocycles. The van der Waals surface area contributed by atoms with Gasteiger partial charge in [-0.3, -0.25) is 0 Å². The van der Waals surface area contributed by atoms with Crippen molar-refractivity contribution in [2.45, 2.75) is 6.92 Å². The Morgan fingerprint density at radius 1 is 1.00 bits per heavy atom. The molecule has 72 valence electrons. The summed E-state index contributed by atoms with van der Waals surface area (Å²) in [5.74, 6) is 0. The van der Waals surface area contributed by atoms with E-state index in [2.05, 4.69) is 13.2 Å². The maximum Gasteiger partial charge on any atom is 0.0472 e. The van der Waals surface area contributed by atoms with Crippen molar-refractivity contribution in [1.29, 1.82) is 0 Å². The molecule has 1 aliphatic heterocycles. The summed E-state index contributed by atoms with van der Waals surface area (Å²) in [6.07, 6.45) is 15.6. The zero-order chi connectivity index (χ0) is 10.4. The molecule has 0 spiro atoms. The van der Waals surface area contributed by atoms with E-state index in [1.807, 2.05) is 60.7 Å². The summed E-state index contributed by atoms with van der Waals surface area (Å²) in [5, 5.41) is 0. The van der Waals surface area contributed by atoms with E-state index in [1.54, 1.807) is 0 Å². The van der Waals surface area contributed by atoms with Crippen LogP contribution in [0.3, 0.4) is 0 Å². The van der Waals surface area contributed by atoms with E-state index in [0.29, 0.717) is 0 Å². The average molecular weight is 185 g/mol. The van der Waals surface area contributed by atoms with Gasteiger partial charge in [0.05, 0.1) is 0 Å². The maximum absolute atomic E-state index is 3.80. The third-order valence-corrected chi connectivity index (χ3v) is 2.01. The summed E-state index contributed by atoms with van der Waals surface area (Å²) in [4.78, 5) is 2.02. The second-order valence-electron chi connectivity index (χ2n) is 2.95. The second kappa shape index (κ2) is 5.07. The van der Waals surface area contributed by atoms with Crippen LogP contribution in [0.2, 0.25) is 0 Å². The Kier molecular flexibility index (Phi) is 3.74. The van der Waals surface area contributed by atoms with Crippen molar-refractivity contribution in [3.8, 4) is 0 Å². The predicted molar refractivity (Wildman–Crippen MR) is 62.4 cm³/mol. The van der Waals surface area contributed by atoms with Crippen LogP contribution in [-0.2, 0) is 0 Å². The van der Waals surface area contributed by atoms with Crippen LogP contribution in [0.15, 0.2) is 73.3 Å². The van der Waals surface area contributed by atoms with Gasteiger partial charge in [-0.25, -0.2) is 0 Å². The van der Waals surface area contributed by atoms with E-state index in [-0.39, 0.29) is 0 Å². The summed E-state index contributed by atoms with van der Waals surface area (Å²) in [6, 6.07) is 0. The molecule has 0 aromatic heterocycles. The Hall–Kier alpha value is -1.76. The number of hydrogen-bond donors (Lipinski definition) is 0. The summed E-state index contributed by atoms with van der Waals surface area (Å²) in [6.45, 7) is 9.57. The molecule has 0 saturated carbocycles. The van der Waals surface area contributed by atoms with Crippen LogP contribution < -0.4 is 0 Å². The van der Waals surface area contributed by atoms with Gasteiger partial charge in [0.25, 0.3) is 0 Å². The lowest BCUT2D eigenvalue weighted by Crippen LogP contribution is -2.08. The molecule has 14 heavy (non-hydrogen) atoms. The van der Waals surface area contributed by atoms with E-state index in [0.717, 1.165) is 11.3 Å². The lowest BCUT2D eigenvalue weighted by molar-refractivity contribution is 0.646. The van der Waals surface area contributed by atoms with Crippen LogP contribution in [0.25, 0.3) is 0 Å². The van der Waals surface area contributed by atoms with Crippen molar-refractivity contribution >= 4 is 0 Å². The normalized spacial score (nSPS) is 16.2. The smallest absolute Gasteiger partial charge is 0.0472 e. The van der Waals surface area contributed by atoms with Crippen molar-refractivity contribution in [2.24, 2.45) is 0 Å². The van der Waals surface area contributed by atoms with Gasteiger partial charge in [-0.15, -0.1) is 0 Å². The molecule has 1 aliphatic rings.